The van der Waals surface area contributed by atoms with E-state index in [1.54, 1.807) is 0 Å². The van der Waals surface area contributed by atoms with Crippen LogP contribution in [0.1, 0.15) is 24.5 Å². The molecule has 0 saturated heterocycles. The van der Waals surface area contributed by atoms with E-state index >= 15 is 0 Å². The molecule has 0 atom stereocenters. The van der Waals surface area contributed by atoms with E-state index in [0.29, 0.717) is 0 Å². The molecule has 0 heterocycles. The Bertz CT molecular complexity index is 274. The summed E-state index contributed by atoms with van der Waals surface area (Å²) in [6, 6.07) is 6.40. The molecule has 1 aromatic carbocycles. The van der Waals surface area contributed by atoms with Crippen LogP contribution in [0.2, 0.25) is 0 Å². The van der Waals surface area contributed by atoms with Crippen molar-refractivity contribution in [2.45, 2.75) is 27.2 Å². The molecule has 15 heavy (non-hydrogen) atoms. The quantitative estimate of drug-likeness (QED) is 0.699. The van der Waals surface area contributed by atoms with Gasteiger partial charge in [-0.15, -0.1) is 0 Å². The molecule has 0 fully saturated rings. The van der Waals surface area contributed by atoms with Crippen molar-refractivity contribution in [2.24, 2.45) is 0 Å². The molecule has 2 nitrogen and oxygen atoms in total. The minimum atomic E-state index is 0.992. The lowest BCUT2D eigenvalue weighted by molar-refractivity contribution is 0.687. The van der Waals surface area contributed by atoms with Gasteiger partial charge in [0.25, 0.3) is 0 Å². The lowest BCUT2D eigenvalue weighted by Gasteiger charge is -2.12. The number of anilines is 1. The normalized spacial score (nSPS) is 10.3. The van der Waals surface area contributed by atoms with Gasteiger partial charge in [0.15, 0.2) is 0 Å². The zero-order valence-corrected chi connectivity index (χ0v) is 10.1. The van der Waals surface area contributed by atoms with Gasteiger partial charge in [-0.05, 0) is 37.9 Å². The number of nitrogens with one attached hydrogen (secondary N) is 2. The fraction of sp³-hybridized carbons (Fsp3) is 0.538. The molecule has 0 aromatic heterocycles. The summed E-state index contributed by atoms with van der Waals surface area (Å²) in [5.74, 6) is 0. The highest BCUT2D eigenvalue weighted by Crippen LogP contribution is 2.18. The topological polar surface area (TPSA) is 24.1 Å². The second-order valence-electron chi connectivity index (χ2n) is 3.94. The Hall–Kier alpha value is -1.02. The zero-order valence-electron chi connectivity index (χ0n) is 10.1. The molecule has 0 amide bonds. The Labute approximate surface area is 93.1 Å². The summed E-state index contributed by atoms with van der Waals surface area (Å²) in [5, 5.41) is 6.86. The van der Waals surface area contributed by atoms with Gasteiger partial charge in [0, 0.05) is 18.8 Å². The Morgan fingerprint density at radius 3 is 2.27 bits per heavy atom. The Morgan fingerprint density at radius 2 is 1.67 bits per heavy atom. The molecular weight excluding hydrogens is 184 g/mol. The van der Waals surface area contributed by atoms with Crippen molar-refractivity contribution in [3.05, 3.63) is 29.3 Å². The summed E-state index contributed by atoms with van der Waals surface area (Å²) in [6.45, 7) is 9.61. The molecular formula is C13H22N2. The summed E-state index contributed by atoms with van der Waals surface area (Å²) in [7, 11) is 0. The number of aryl methyl sites for hydroxylation is 2. The highest BCUT2D eigenvalue weighted by Gasteiger charge is 1.99. The van der Waals surface area contributed by atoms with Crippen LogP contribution >= 0.6 is 0 Å². The third-order valence-electron chi connectivity index (χ3n) is 2.51. The standard InChI is InChI=1S/C13H22N2/c1-4-8-14-9-10-15-13-11(2)6-5-7-12(13)3/h5-7,14-15H,4,8-10H2,1-3H3. The van der Waals surface area contributed by atoms with Crippen LogP contribution in [0.3, 0.4) is 0 Å². The highest BCUT2D eigenvalue weighted by atomic mass is 14.9. The first-order valence-electron chi connectivity index (χ1n) is 5.76. The lowest BCUT2D eigenvalue weighted by atomic mass is 10.1. The van der Waals surface area contributed by atoms with Crippen LogP contribution in [0.4, 0.5) is 5.69 Å². The molecule has 0 spiro atoms. The lowest BCUT2D eigenvalue weighted by Crippen LogP contribution is -2.23. The molecule has 2 N–H and O–H groups in total. The van der Waals surface area contributed by atoms with Gasteiger partial charge in [-0.2, -0.15) is 0 Å². The average molecular weight is 206 g/mol. The van der Waals surface area contributed by atoms with Crippen molar-refractivity contribution in [1.29, 1.82) is 0 Å². The first-order chi connectivity index (χ1) is 7.25. The molecule has 1 aromatic rings. The molecule has 0 saturated carbocycles. The molecule has 1 rings (SSSR count). The minimum absolute atomic E-state index is 0.992. The van der Waals surface area contributed by atoms with Crippen LogP contribution in [0, 0.1) is 13.8 Å². The van der Waals surface area contributed by atoms with E-state index in [1.807, 2.05) is 0 Å². The smallest absolute Gasteiger partial charge is 0.0400 e. The van der Waals surface area contributed by atoms with Gasteiger partial charge in [-0.25, -0.2) is 0 Å². The van der Waals surface area contributed by atoms with Crippen LogP contribution in [0.25, 0.3) is 0 Å². The van der Waals surface area contributed by atoms with E-state index in [4.69, 9.17) is 0 Å². The van der Waals surface area contributed by atoms with E-state index in [1.165, 1.54) is 23.2 Å². The van der Waals surface area contributed by atoms with Crippen LogP contribution in [-0.2, 0) is 0 Å². The Kier molecular flexibility index (Phi) is 5.19. The maximum atomic E-state index is 3.48. The third-order valence-corrected chi connectivity index (χ3v) is 2.51. The average Bonchev–Trinajstić information content (AvgIpc) is 2.21. The molecule has 0 unspecified atom stereocenters. The molecule has 0 aliphatic carbocycles. The Morgan fingerprint density at radius 1 is 1.00 bits per heavy atom. The molecule has 0 aliphatic heterocycles. The summed E-state index contributed by atoms with van der Waals surface area (Å²) in [6.07, 6.45) is 1.20. The van der Waals surface area contributed by atoms with E-state index in [2.05, 4.69) is 49.6 Å². The van der Waals surface area contributed by atoms with Gasteiger partial charge in [-0.1, -0.05) is 25.1 Å². The van der Waals surface area contributed by atoms with E-state index in [9.17, 15) is 0 Å². The van der Waals surface area contributed by atoms with Gasteiger partial charge in [-0.3, -0.25) is 0 Å². The van der Waals surface area contributed by atoms with Crippen LogP contribution in [0.5, 0.6) is 0 Å². The maximum absolute atomic E-state index is 3.48. The minimum Gasteiger partial charge on any atom is -0.383 e. The molecule has 84 valence electrons. The van der Waals surface area contributed by atoms with Gasteiger partial charge in [0.2, 0.25) is 0 Å². The van der Waals surface area contributed by atoms with Crippen molar-refractivity contribution in [3.63, 3.8) is 0 Å². The van der Waals surface area contributed by atoms with E-state index in [-0.39, 0.29) is 0 Å². The van der Waals surface area contributed by atoms with Gasteiger partial charge < -0.3 is 10.6 Å². The van der Waals surface area contributed by atoms with E-state index in [0.717, 1.165) is 19.6 Å². The highest BCUT2D eigenvalue weighted by molar-refractivity contribution is 5.56. The SMILES string of the molecule is CCCNCCNc1c(C)cccc1C. The predicted octanol–water partition coefficient (Wildman–Crippen LogP) is 2.71. The monoisotopic (exact) mass is 206 g/mol. The molecule has 0 bridgehead atoms. The second kappa shape index (κ2) is 6.46. The number of benzene rings is 1. The second-order valence-corrected chi connectivity index (χ2v) is 3.94. The van der Waals surface area contributed by atoms with Crippen molar-refractivity contribution in [3.8, 4) is 0 Å². The summed E-state index contributed by atoms with van der Waals surface area (Å²) >= 11 is 0. The first kappa shape index (κ1) is 12.1. The van der Waals surface area contributed by atoms with Crippen LogP contribution in [-0.4, -0.2) is 19.6 Å². The fourth-order valence-corrected chi connectivity index (χ4v) is 1.67. The van der Waals surface area contributed by atoms with Crippen molar-refractivity contribution in [2.75, 3.05) is 25.0 Å². The summed E-state index contributed by atoms with van der Waals surface area (Å²) < 4.78 is 0. The van der Waals surface area contributed by atoms with Crippen LogP contribution < -0.4 is 10.6 Å². The number of rotatable bonds is 6. The fourth-order valence-electron chi connectivity index (χ4n) is 1.67. The van der Waals surface area contributed by atoms with Gasteiger partial charge in [0.1, 0.15) is 0 Å². The van der Waals surface area contributed by atoms with Gasteiger partial charge in [0.05, 0.1) is 0 Å². The van der Waals surface area contributed by atoms with Gasteiger partial charge >= 0.3 is 0 Å². The number of hydrogen-bond donors (Lipinski definition) is 2. The number of para-hydroxylation sites is 1. The van der Waals surface area contributed by atoms with Crippen molar-refractivity contribution < 1.29 is 0 Å². The summed E-state index contributed by atoms with van der Waals surface area (Å²) in [5.41, 5.74) is 3.94. The predicted molar refractivity (Wildman–Crippen MR) is 67.6 cm³/mol. The first-order valence-corrected chi connectivity index (χ1v) is 5.76. The molecule has 0 aliphatic rings. The largest absolute Gasteiger partial charge is 0.383 e. The van der Waals surface area contributed by atoms with Crippen LogP contribution in [0.15, 0.2) is 18.2 Å². The van der Waals surface area contributed by atoms with E-state index < -0.39 is 0 Å². The maximum Gasteiger partial charge on any atom is 0.0400 e. The summed E-state index contributed by atoms with van der Waals surface area (Å²) in [4.78, 5) is 0. The molecule has 2 heteroatoms. The van der Waals surface area contributed by atoms with Crippen molar-refractivity contribution in [1.82, 2.24) is 5.32 Å². The van der Waals surface area contributed by atoms with Crippen molar-refractivity contribution >= 4 is 5.69 Å². The zero-order chi connectivity index (χ0) is 11.1. The Balaban J connectivity index is 2.37. The number of hydrogen-bond acceptors (Lipinski definition) is 2. The molecule has 0 radical (unpaired) electrons. The third kappa shape index (κ3) is 3.92.